The molecule has 0 saturated carbocycles. The van der Waals surface area contributed by atoms with E-state index in [0.717, 1.165) is 0 Å². The normalized spacial score (nSPS) is 11.7. The van der Waals surface area contributed by atoms with Crippen LogP contribution in [0.1, 0.15) is 28.8 Å². The van der Waals surface area contributed by atoms with E-state index < -0.39 is 0 Å². The first-order chi connectivity index (χ1) is 9.72. The Morgan fingerprint density at radius 1 is 1.10 bits per heavy atom. The van der Waals surface area contributed by atoms with Crippen molar-refractivity contribution in [2.45, 2.75) is 12.8 Å². The zero-order valence-electron chi connectivity index (χ0n) is 11.8. The number of ether oxygens (including phenoxy) is 1. The number of carbonyl (C=O) groups excluding carboxylic acids is 1. The number of hydrogen-bond donors (Lipinski definition) is 1. The van der Waals surface area contributed by atoms with Crippen LogP contribution in [0.3, 0.4) is 0 Å². The van der Waals surface area contributed by atoms with Crippen molar-refractivity contribution in [3.63, 3.8) is 0 Å². The third-order valence-electron chi connectivity index (χ3n) is 3.29. The molecule has 0 aliphatic carbocycles. The second-order valence-electron chi connectivity index (χ2n) is 4.72. The topological polar surface area (TPSA) is 38.3 Å². The van der Waals surface area contributed by atoms with E-state index in [1.165, 1.54) is 5.56 Å². The van der Waals surface area contributed by atoms with E-state index in [0.29, 0.717) is 17.9 Å². The van der Waals surface area contributed by atoms with Crippen LogP contribution in [0.15, 0.2) is 54.6 Å². The molecule has 1 N–H and O–H groups in total. The Labute approximate surface area is 119 Å². The van der Waals surface area contributed by atoms with Gasteiger partial charge in [-0.2, -0.15) is 0 Å². The van der Waals surface area contributed by atoms with E-state index in [9.17, 15) is 4.79 Å². The van der Waals surface area contributed by atoms with Crippen LogP contribution in [0.25, 0.3) is 0 Å². The third kappa shape index (κ3) is 3.38. The maximum Gasteiger partial charge on any atom is 0.255 e. The molecule has 2 aromatic carbocycles. The predicted octanol–water partition coefficient (Wildman–Crippen LogP) is 3.23. The molecule has 2 rings (SSSR count). The van der Waals surface area contributed by atoms with Crippen molar-refractivity contribution in [2.75, 3.05) is 13.7 Å². The molecule has 0 spiro atoms. The van der Waals surface area contributed by atoms with Crippen molar-refractivity contribution in [3.05, 3.63) is 65.7 Å². The average Bonchev–Trinajstić information content (AvgIpc) is 2.53. The summed E-state index contributed by atoms with van der Waals surface area (Å²) >= 11 is 0. The molecule has 104 valence electrons. The van der Waals surface area contributed by atoms with E-state index in [1.54, 1.807) is 19.2 Å². The molecule has 0 aromatic heterocycles. The summed E-state index contributed by atoms with van der Waals surface area (Å²) in [5, 5.41) is 2.95. The van der Waals surface area contributed by atoms with E-state index in [1.807, 2.05) is 30.3 Å². The minimum absolute atomic E-state index is 0.106. The average molecular weight is 269 g/mol. The van der Waals surface area contributed by atoms with Crippen LogP contribution < -0.4 is 10.1 Å². The summed E-state index contributed by atoms with van der Waals surface area (Å²) in [6, 6.07) is 17.4. The number of para-hydroxylation sites is 1. The molecule has 1 amide bonds. The molecule has 1 atom stereocenters. The summed E-state index contributed by atoms with van der Waals surface area (Å²) in [4.78, 5) is 12.2. The highest BCUT2D eigenvalue weighted by atomic mass is 16.5. The van der Waals surface area contributed by atoms with Gasteiger partial charge in [0.25, 0.3) is 5.91 Å². The van der Waals surface area contributed by atoms with Crippen LogP contribution in [0.2, 0.25) is 0 Å². The Morgan fingerprint density at radius 3 is 2.45 bits per heavy atom. The van der Waals surface area contributed by atoms with E-state index >= 15 is 0 Å². The maximum atomic E-state index is 12.2. The smallest absolute Gasteiger partial charge is 0.255 e. The van der Waals surface area contributed by atoms with Crippen molar-refractivity contribution in [3.8, 4) is 5.75 Å². The van der Waals surface area contributed by atoms with Gasteiger partial charge in [0.2, 0.25) is 0 Å². The van der Waals surface area contributed by atoms with Crippen molar-refractivity contribution < 1.29 is 9.53 Å². The second-order valence-corrected chi connectivity index (χ2v) is 4.72. The zero-order valence-corrected chi connectivity index (χ0v) is 11.8. The highest BCUT2D eigenvalue weighted by molar-refractivity contribution is 5.96. The Bertz CT molecular complexity index is 566. The van der Waals surface area contributed by atoms with Crippen LogP contribution in [-0.4, -0.2) is 19.6 Å². The lowest BCUT2D eigenvalue weighted by Crippen LogP contribution is -2.27. The molecule has 0 saturated heterocycles. The minimum Gasteiger partial charge on any atom is -0.496 e. The van der Waals surface area contributed by atoms with Gasteiger partial charge in [-0.15, -0.1) is 0 Å². The summed E-state index contributed by atoms with van der Waals surface area (Å²) in [6.07, 6.45) is 0. The van der Waals surface area contributed by atoms with E-state index in [2.05, 4.69) is 24.4 Å². The van der Waals surface area contributed by atoms with Crippen LogP contribution in [0, 0.1) is 0 Å². The molecular weight excluding hydrogens is 250 g/mol. The lowest BCUT2D eigenvalue weighted by Gasteiger charge is -2.14. The number of benzene rings is 2. The van der Waals surface area contributed by atoms with Gasteiger partial charge >= 0.3 is 0 Å². The Hall–Kier alpha value is -2.29. The van der Waals surface area contributed by atoms with Crippen LogP contribution in [-0.2, 0) is 0 Å². The molecule has 3 heteroatoms. The quantitative estimate of drug-likeness (QED) is 0.905. The monoisotopic (exact) mass is 269 g/mol. The molecule has 0 radical (unpaired) electrons. The third-order valence-corrected chi connectivity index (χ3v) is 3.29. The van der Waals surface area contributed by atoms with Crippen molar-refractivity contribution >= 4 is 5.91 Å². The number of amides is 1. The van der Waals surface area contributed by atoms with E-state index in [-0.39, 0.29) is 11.8 Å². The molecular formula is C17H19NO2. The van der Waals surface area contributed by atoms with Crippen LogP contribution in [0.4, 0.5) is 0 Å². The van der Waals surface area contributed by atoms with Gasteiger partial charge in [-0.25, -0.2) is 0 Å². The van der Waals surface area contributed by atoms with Gasteiger partial charge in [0, 0.05) is 6.54 Å². The SMILES string of the molecule is COc1ccccc1C(=O)NCC(C)c1ccccc1. The number of rotatable bonds is 5. The summed E-state index contributed by atoms with van der Waals surface area (Å²) in [5.74, 6) is 0.762. The minimum atomic E-state index is -0.106. The first-order valence-electron chi connectivity index (χ1n) is 6.68. The van der Waals surface area contributed by atoms with Gasteiger partial charge < -0.3 is 10.1 Å². The summed E-state index contributed by atoms with van der Waals surface area (Å²) in [6.45, 7) is 2.69. The highest BCUT2D eigenvalue weighted by Gasteiger charge is 2.12. The predicted molar refractivity (Wildman–Crippen MR) is 80.2 cm³/mol. The van der Waals surface area contributed by atoms with Gasteiger partial charge in [0.1, 0.15) is 5.75 Å². The zero-order chi connectivity index (χ0) is 14.4. The van der Waals surface area contributed by atoms with Gasteiger partial charge in [0.05, 0.1) is 12.7 Å². The lowest BCUT2D eigenvalue weighted by atomic mass is 10.0. The Balaban J connectivity index is 1.99. The molecule has 3 nitrogen and oxygen atoms in total. The second kappa shape index (κ2) is 6.75. The first-order valence-corrected chi connectivity index (χ1v) is 6.68. The van der Waals surface area contributed by atoms with Crippen molar-refractivity contribution in [1.29, 1.82) is 0 Å². The Morgan fingerprint density at radius 2 is 1.75 bits per heavy atom. The van der Waals surface area contributed by atoms with Gasteiger partial charge in [0.15, 0.2) is 0 Å². The lowest BCUT2D eigenvalue weighted by molar-refractivity contribution is 0.0948. The summed E-state index contributed by atoms with van der Waals surface area (Å²) < 4.78 is 5.20. The first kappa shape index (κ1) is 14.1. The molecule has 0 fully saturated rings. The maximum absolute atomic E-state index is 12.2. The molecule has 2 aromatic rings. The molecule has 0 heterocycles. The number of methoxy groups -OCH3 is 1. The largest absolute Gasteiger partial charge is 0.496 e. The Kier molecular flexibility index (Phi) is 4.77. The molecule has 0 aliphatic rings. The standard InChI is InChI=1S/C17H19NO2/c1-13(14-8-4-3-5-9-14)12-18-17(19)15-10-6-7-11-16(15)20-2/h3-11,13H,12H2,1-2H3,(H,18,19). The van der Waals surface area contributed by atoms with Crippen LogP contribution in [0.5, 0.6) is 5.75 Å². The number of carbonyl (C=O) groups is 1. The molecule has 1 unspecified atom stereocenters. The number of nitrogens with one attached hydrogen (secondary N) is 1. The van der Waals surface area contributed by atoms with Gasteiger partial charge in [-0.1, -0.05) is 49.4 Å². The summed E-state index contributed by atoms with van der Waals surface area (Å²) in [7, 11) is 1.57. The fraction of sp³-hybridized carbons (Fsp3) is 0.235. The fourth-order valence-electron chi connectivity index (χ4n) is 2.07. The van der Waals surface area contributed by atoms with Crippen LogP contribution >= 0.6 is 0 Å². The van der Waals surface area contributed by atoms with Crippen molar-refractivity contribution in [2.24, 2.45) is 0 Å². The summed E-state index contributed by atoms with van der Waals surface area (Å²) in [5.41, 5.74) is 1.78. The highest BCUT2D eigenvalue weighted by Crippen LogP contribution is 2.18. The van der Waals surface area contributed by atoms with Crippen molar-refractivity contribution in [1.82, 2.24) is 5.32 Å². The van der Waals surface area contributed by atoms with Gasteiger partial charge in [-0.3, -0.25) is 4.79 Å². The molecule has 20 heavy (non-hydrogen) atoms. The number of hydrogen-bond acceptors (Lipinski definition) is 2. The molecule has 0 bridgehead atoms. The molecule has 0 aliphatic heterocycles. The fourth-order valence-corrected chi connectivity index (χ4v) is 2.07. The van der Waals surface area contributed by atoms with Gasteiger partial charge in [-0.05, 0) is 23.6 Å². The van der Waals surface area contributed by atoms with E-state index in [4.69, 9.17) is 4.74 Å².